The summed E-state index contributed by atoms with van der Waals surface area (Å²) in [6.45, 7) is 6.06. The summed E-state index contributed by atoms with van der Waals surface area (Å²) in [5.74, 6) is 1.49. The Balaban J connectivity index is 1.94. The van der Waals surface area contributed by atoms with Crippen LogP contribution in [0.2, 0.25) is 0 Å². The van der Waals surface area contributed by atoms with Gasteiger partial charge in [0.05, 0.1) is 20.3 Å². The van der Waals surface area contributed by atoms with E-state index in [9.17, 15) is 4.79 Å². The van der Waals surface area contributed by atoms with Gasteiger partial charge in [0.15, 0.2) is 0 Å². The normalized spacial score (nSPS) is 10.4. The minimum absolute atomic E-state index is 0.0979. The van der Waals surface area contributed by atoms with E-state index in [-0.39, 0.29) is 5.91 Å². The minimum Gasteiger partial charge on any atom is -0.497 e. The molecule has 1 N–H and O–H groups in total. The summed E-state index contributed by atoms with van der Waals surface area (Å²) >= 11 is 0. The van der Waals surface area contributed by atoms with Crippen molar-refractivity contribution in [1.82, 2.24) is 5.32 Å². The average Bonchev–Trinajstić information content (AvgIpc) is 2.67. The van der Waals surface area contributed by atoms with E-state index in [1.54, 1.807) is 13.2 Å². The van der Waals surface area contributed by atoms with Crippen LogP contribution in [0.4, 0.5) is 0 Å². The number of carbonyl (C=O) groups is 1. The van der Waals surface area contributed by atoms with Crippen LogP contribution in [0.25, 0.3) is 0 Å². The molecule has 0 aliphatic carbocycles. The van der Waals surface area contributed by atoms with Gasteiger partial charge in [0, 0.05) is 24.3 Å². The Hall–Kier alpha value is -2.53. The molecule has 0 aliphatic rings. The average molecular weight is 357 g/mol. The van der Waals surface area contributed by atoms with Gasteiger partial charge in [-0.1, -0.05) is 12.1 Å². The Labute approximate surface area is 155 Å². The number of nitrogens with one attached hydrogen (secondary N) is 1. The predicted octanol–water partition coefficient (Wildman–Crippen LogP) is 3.60. The van der Waals surface area contributed by atoms with E-state index in [4.69, 9.17) is 14.2 Å². The van der Waals surface area contributed by atoms with Crippen LogP contribution in [-0.4, -0.2) is 32.8 Å². The molecule has 1 amide bonds. The molecule has 0 saturated heterocycles. The maximum atomic E-state index is 12.4. The van der Waals surface area contributed by atoms with Gasteiger partial charge in [-0.3, -0.25) is 4.79 Å². The van der Waals surface area contributed by atoms with Crippen molar-refractivity contribution in [2.75, 3.05) is 26.9 Å². The van der Waals surface area contributed by atoms with Crippen LogP contribution in [-0.2, 0) is 17.8 Å². The molecule has 0 aromatic heterocycles. The van der Waals surface area contributed by atoms with Crippen LogP contribution in [0.15, 0.2) is 42.5 Å². The predicted molar refractivity (Wildman–Crippen MR) is 102 cm³/mol. The molecule has 5 nitrogen and oxygen atoms in total. The van der Waals surface area contributed by atoms with E-state index < -0.39 is 0 Å². The number of rotatable bonds is 10. The maximum absolute atomic E-state index is 12.4. The summed E-state index contributed by atoms with van der Waals surface area (Å²) in [6, 6.07) is 13.3. The molecule has 2 aromatic rings. The molecule has 0 atom stereocenters. The van der Waals surface area contributed by atoms with Crippen molar-refractivity contribution in [3.8, 4) is 11.5 Å². The molecular weight excluding hydrogens is 330 g/mol. The zero-order chi connectivity index (χ0) is 18.8. The van der Waals surface area contributed by atoms with Crippen LogP contribution in [0.1, 0.15) is 35.3 Å². The number of benzene rings is 2. The van der Waals surface area contributed by atoms with Gasteiger partial charge in [0.25, 0.3) is 5.91 Å². The fourth-order valence-electron chi connectivity index (χ4n) is 2.56. The minimum atomic E-state index is -0.0979. The number of hydrogen-bond donors (Lipinski definition) is 1. The second-order valence-electron chi connectivity index (χ2n) is 5.75. The van der Waals surface area contributed by atoms with E-state index >= 15 is 0 Å². The molecule has 5 heteroatoms. The first kappa shape index (κ1) is 19.8. The van der Waals surface area contributed by atoms with Crippen LogP contribution in [0.3, 0.4) is 0 Å². The molecule has 0 fully saturated rings. The van der Waals surface area contributed by atoms with Gasteiger partial charge in [0.2, 0.25) is 0 Å². The molecule has 0 radical (unpaired) electrons. The van der Waals surface area contributed by atoms with Gasteiger partial charge in [-0.2, -0.15) is 0 Å². The number of methoxy groups -OCH3 is 1. The third-order valence-corrected chi connectivity index (χ3v) is 3.94. The van der Waals surface area contributed by atoms with E-state index in [0.29, 0.717) is 31.9 Å². The molecule has 0 bridgehead atoms. The zero-order valence-corrected chi connectivity index (χ0v) is 15.7. The Kier molecular flexibility index (Phi) is 7.96. The highest BCUT2D eigenvalue weighted by molar-refractivity contribution is 5.94. The fourth-order valence-corrected chi connectivity index (χ4v) is 2.56. The lowest BCUT2D eigenvalue weighted by Gasteiger charge is -2.12. The highest BCUT2D eigenvalue weighted by Gasteiger charge is 2.10. The Bertz CT molecular complexity index is 698. The van der Waals surface area contributed by atoms with Crippen molar-refractivity contribution in [2.45, 2.75) is 26.9 Å². The smallest absolute Gasteiger partial charge is 0.251 e. The Morgan fingerprint density at radius 3 is 2.46 bits per heavy atom. The third kappa shape index (κ3) is 5.77. The maximum Gasteiger partial charge on any atom is 0.251 e. The van der Waals surface area contributed by atoms with E-state index in [0.717, 1.165) is 29.0 Å². The second kappa shape index (κ2) is 10.5. The summed E-state index contributed by atoms with van der Waals surface area (Å²) < 4.78 is 16.2. The molecule has 0 saturated carbocycles. The molecule has 2 aromatic carbocycles. The lowest BCUT2D eigenvalue weighted by atomic mass is 10.1. The Morgan fingerprint density at radius 2 is 1.81 bits per heavy atom. The fraction of sp³-hybridized carbons (Fsp3) is 0.381. The van der Waals surface area contributed by atoms with Crippen molar-refractivity contribution >= 4 is 5.91 Å². The van der Waals surface area contributed by atoms with E-state index in [2.05, 4.69) is 5.32 Å². The van der Waals surface area contributed by atoms with E-state index in [1.807, 2.05) is 50.2 Å². The lowest BCUT2D eigenvalue weighted by Crippen LogP contribution is -2.25. The number of hydrogen-bond acceptors (Lipinski definition) is 4. The van der Waals surface area contributed by atoms with E-state index in [1.165, 1.54) is 0 Å². The molecular formula is C21H27NO4. The third-order valence-electron chi connectivity index (χ3n) is 3.94. The van der Waals surface area contributed by atoms with Crippen LogP contribution >= 0.6 is 0 Å². The van der Waals surface area contributed by atoms with Crippen molar-refractivity contribution in [1.29, 1.82) is 0 Å². The van der Waals surface area contributed by atoms with Crippen molar-refractivity contribution in [3.05, 3.63) is 59.2 Å². The molecule has 0 aliphatic heterocycles. The lowest BCUT2D eigenvalue weighted by molar-refractivity contribution is 0.0953. The van der Waals surface area contributed by atoms with Crippen LogP contribution in [0, 0.1) is 0 Å². The highest BCUT2D eigenvalue weighted by atomic mass is 16.5. The topological polar surface area (TPSA) is 56.8 Å². The van der Waals surface area contributed by atoms with Gasteiger partial charge in [0.1, 0.15) is 11.5 Å². The number of carbonyl (C=O) groups excluding carboxylic acids is 1. The van der Waals surface area contributed by atoms with Crippen molar-refractivity contribution in [3.63, 3.8) is 0 Å². The second-order valence-corrected chi connectivity index (χ2v) is 5.75. The largest absolute Gasteiger partial charge is 0.497 e. The molecule has 140 valence electrons. The van der Waals surface area contributed by atoms with Gasteiger partial charge >= 0.3 is 0 Å². The van der Waals surface area contributed by atoms with Gasteiger partial charge in [-0.15, -0.1) is 0 Å². The van der Waals surface area contributed by atoms with Gasteiger partial charge < -0.3 is 19.5 Å². The van der Waals surface area contributed by atoms with Gasteiger partial charge in [-0.25, -0.2) is 0 Å². The first-order chi connectivity index (χ1) is 12.7. The molecule has 0 unspecified atom stereocenters. The van der Waals surface area contributed by atoms with Gasteiger partial charge in [-0.05, 0) is 56.2 Å². The SMILES string of the molecule is CCOCc1cc(C(=O)NCCc2ccc(OC)cc2)ccc1OCC. The highest BCUT2D eigenvalue weighted by Crippen LogP contribution is 2.21. The quantitative estimate of drug-likeness (QED) is 0.706. The number of ether oxygens (including phenoxy) is 3. The molecule has 2 rings (SSSR count). The zero-order valence-electron chi connectivity index (χ0n) is 15.7. The van der Waals surface area contributed by atoms with Crippen molar-refractivity contribution in [2.24, 2.45) is 0 Å². The molecule has 26 heavy (non-hydrogen) atoms. The first-order valence-electron chi connectivity index (χ1n) is 8.92. The standard InChI is InChI=1S/C21H27NO4/c1-4-25-15-18-14-17(8-11-20(18)26-5-2)21(23)22-13-12-16-6-9-19(24-3)10-7-16/h6-11,14H,4-5,12-13,15H2,1-3H3,(H,22,23). The summed E-state index contributed by atoms with van der Waals surface area (Å²) in [7, 11) is 1.64. The summed E-state index contributed by atoms with van der Waals surface area (Å²) in [6.07, 6.45) is 0.762. The summed E-state index contributed by atoms with van der Waals surface area (Å²) in [5, 5.41) is 2.96. The molecule has 0 heterocycles. The molecule has 0 spiro atoms. The summed E-state index contributed by atoms with van der Waals surface area (Å²) in [5.41, 5.74) is 2.64. The first-order valence-corrected chi connectivity index (χ1v) is 8.92. The summed E-state index contributed by atoms with van der Waals surface area (Å²) in [4.78, 5) is 12.4. The monoisotopic (exact) mass is 357 g/mol. The van der Waals surface area contributed by atoms with Crippen molar-refractivity contribution < 1.29 is 19.0 Å². The number of amides is 1. The van der Waals surface area contributed by atoms with Crippen LogP contribution < -0.4 is 14.8 Å². The van der Waals surface area contributed by atoms with Crippen LogP contribution in [0.5, 0.6) is 11.5 Å². The Morgan fingerprint density at radius 1 is 1.04 bits per heavy atom.